The Balaban J connectivity index is 1.58. The predicted molar refractivity (Wildman–Crippen MR) is 116 cm³/mol. The number of thioether (sulfide) groups is 1. The van der Waals surface area contributed by atoms with Gasteiger partial charge in [0, 0.05) is 11.8 Å². The van der Waals surface area contributed by atoms with E-state index >= 15 is 0 Å². The molecule has 0 bridgehead atoms. The van der Waals surface area contributed by atoms with Crippen LogP contribution in [0.15, 0.2) is 58.5 Å². The molecular weight excluding hydrogens is 450 g/mol. The average Bonchev–Trinajstić information content (AvgIpc) is 3.06. The van der Waals surface area contributed by atoms with Gasteiger partial charge in [-0.05, 0) is 36.5 Å². The van der Waals surface area contributed by atoms with Crippen LogP contribution < -0.4 is 10.9 Å². The van der Waals surface area contributed by atoms with Crippen molar-refractivity contribution in [2.45, 2.75) is 5.16 Å². The first kappa shape index (κ1) is 20.4. The molecule has 152 valence electrons. The van der Waals surface area contributed by atoms with Gasteiger partial charge < -0.3 is 10.3 Å². The van der Waals surface area contributed by atoms with Gasteiger partial charge in [0.25, 0.3) is 5.56 Å². The van der Waals surface area contributed by atoms with Crippen LogP contribution in [0.3, 0.4) is 0 Å². The molecule has 4 rings (SSSR count). The maximum Gasteiger partial charge on any atom is 0.271 e. The van der Waals surface area contributed by atoms with Gasteiger partial charge in [-0.2, -0.15) is 0 Å². The van der Waals surface area contributed by atoms with E-state index in [4.69, 9.17) is 12.2 Å². The van der Waals surface area contributed by atoms with Crippen LogP contribution in [0.4, 0.5) is 14.5 Å². The molecule has 2 N–H and O–H groups in total. The lowest BCUT2D eigenvalue weighted by atomic mass is 10.3. The van der Waals surface area contributed by atoms with Gasteiger partial charge in [0.2, 0.25) is 5.91 Å². The van der Waals surface area contributed by atoms with Crippen LogP contribution in [0.5, 0.6) is 0 Å². The molecule has 0 saturated carbocycles. The van der Waals surface area contributed by atoms with E-state index in [9.17, 15) is 18.4 Å². The maximum atomic E-state index is 13.7. The smallest absolute Gasteiger partial charge is 0.271 e. The first-order valence-corrected chi connectivity index (χ1v) is 10.7. The zero-order valence-electron chi connectivity index (χ0n) is 15.0. The van der Waals surface area contributed by atoms with Gasteiger partial charge in [-0.15, -0.1) is 0 Å². The third-order valence-corrected chi connectivity index (χ3v) is 6.22. The predicted octanol–water partition coefficient (Wildman–Crippen LogP) is 4.51. The van der Waals surface area contributed by atoms with Crippen LogP contribution in [0.2, 0.25) is 0 Å². The zero-order valence-corrected chi connectivity index (χ0v) is 17.5. The molecular formula is C19H12F2N4O2S3. The Hall–Kier alpha value is -2.89. The number of thiazole rings is 1. The minimum atomic E-state index is -0.874. The molecule has 0 radical (unpaired) electrons. The molecule has 0 aliphatic rings. The number of carbonyl (C=O) groups excluding carboxylic acids is 1. The first-order chi connectivity index (χ1) is 14.4. The van der Waals surface area contributed by atoms with Crippen LogP contribution in [0.25, 0.3) is 16.0 Å². The topological polar surface area (TPSA) is 79.8 Å². The van der Waals surface area contributed by atoms with Crippen LogP contribution in [0.1, 0.15) is 0 Å². The molecule has 0 aliphatic carbocycles. The number of anilines is 1. The average molecular weight is 463 g/mol. The number of benzene rings is 2. The van der Waals surface area contributed by atoms with Gasteiger partial charge in [-0.1, -0.05) is 41.3 Å². The highest BCUT2D eigenvalue weighted by Crippen LogP contribution is 2.24. The summed E-state index contributed by atoms with van der Waals surface area (Å²) < 4.78 is 29.2. The van der Waals surface area contributed by atoms with Crippen molar-refractivity contribution in [1.82, 2.24) is 14.5 Å². The molecule has 0 fully saturated rings. The highest BCUT2D eigenvalue weighted by Gasteiger charge is 2.15. The van der Waals surface area contributed by atoms with E-state index in [1.54, 1.807) is 4.57 Å². The number of aromatic nitrogens is 3. The van der Waals surface area contributed by atoms with Crippen molar-refractivity contribution in [3.63, 3.8) is 0 Å². The van der Waals surface area contributed by atoms with E-state index in [0.29, 0.717) is 20.4 Å². The van der Waals surface area contributed by atoms with E-state index in [1.807, 2.05) is 30.3 Å². The number of hydrogen-bond donors (Lipinski definition) is 2. The van der Waals surface area contributed by atoms with E-state index in [0.717, 1.165) is 40.9 Å². The number of nitrogens with one attached hydrogen (secondary N) is 2. The Morgan fingerprint density at radius 2 is 2.00 bits per heavy atom. The largest absolute Gasteiger partial charge is 0.323 e. The van der Waals surface area contributed by atoms with Crippen molar-refractivity contribution >= 4 is 57.3 Å². The summed E-state index contributed by atoms with van der Waals surface area (Å²) in [4.78, 5) is 31.7. The number of amides is 1. The lowest BCUT2D eigenvalue weighted by Gasteiger charge is -2.07. The summed E-state index contributed by atoms with van der Waals surface area (Å²) in [6.45, 7) is 0. The Labute approximate surface area is 181 Å². The van der Waals surface area contributed by atoms with Crippen molar-refractivity contribution in [2.75, 3.05) is 11.1 Å². The third-order valence-electron chi connectivity index (χ3n) is 3.98. The molecule has 0 spiro atoms. The second kappa shape index (κ2) is 8.46. The molecule has 0 atom stereocenters. The fourth-order valence-electron chi connectivity index (χ4n) is 2.68. The highest BCUT2D eigenvalue weighted by atomic mass is 32.2. The standard InChI is InChI=1S/C19H12F2N4O2S3/c20-10-6-7-13(12(21)8-10)22-14(26)9-29-18-23-16-15(17(27)24-18)30-19(28)25(16)11-4-2-1-3-5-11/h1-8H,9H2,(H,22,26)(H,23,24,27). The van der Waals surface area contributed by atoms with Gasteiger partial charge in [-0.25, -0.2) is 13.8 Å². The Morgan fingerprint density at radius 3 is 2.73 bits per heavy atom. The zero-order chi connectivity index (χ0) is 21.3. The summed E-state index contributed by atoms with van der Waals surface area (Å²) in [7, 11) is 0. The van der Waals surface area contributed by atoms with Crippen molar-refractivity contribution in [1.29, 1.82) is 0 Å². The SMILES string of the molecule is O=C(CSc1nc2c(sc(=S)n2-c2ccccc2)c(=O)[nH]1)Nc1ccc(F)cc1F. The van der Waals surface area contributed by atoms with Crippen LogP contribution in [-0.2, 0) is 4.79 Å². The lowest BCUT2D eigenvalue weighted by molar-refractivity contribution is -0.113. The van der Waals surface area contributed by atoms with Crippen LogP contribution in [0, 0.1) is 15.6 Å². The van der Waals surface area contributed by atoms with Crippen molar-refractivity contribution < 1.29 is 13.6 Å². The van der Waals surface area contributed by atoms with Crippen LogP contribution in [-0.4, -0.2) is 26.2 Å². The minimum Gasteiger partial charge on any atom is -0.323 e. The van der Waals surface area contributed by atoms with Crippen molar-refractivity contribution in [2.24, 2.45) is 0 Å². The molecule has 6 nitrogen and oxygen atoms in total. The molecule has 0 unspecified atom stereocenters. The van der Waals surface area contributed by atoms with Gasteiger partial charge in [0.15, 0.2) is 14.8 Å². The Morgan fingerprint density at radius 1 is 1.23 bits per heavy atom. The molecule has 1 amide bonds. The molecule has 4 aromatic rings. The molecule has 30 heavy (non-hydrogen) atoms. The van der Waals surface area contributed by atoms with E-state index in [-0.39, 0.29) is 22.2 Å². The number of nitrogens with zero attached hydrogens (tertiary/aromatic N) is 2. The molecule has 0 aliphatic heterocycles. The number of carbonyl (C=O) groups is 1. The number of halogens is 2. The van der Waals surface area contributed by atoms with Gasteiger partial charge in [0.05, 0.1) is 11.4 Å². The van der Waals surface area contributed by atoms with E-state index in [1.165, 1.54) is 0 Å². The maximum absolute atomic E-state index is 13.7. The van der Waals surface area contributed by atoms with Crippen LogP contribution >= 0.6 is 35.3 Å². The second-order valence-electron chi connectivity index (χ2n) is 6.02. The number of hydrogen-bond acceptors (Lipinski definition) is 6. The number of para-hydroxylation sites is 1. The summed E-state index contributed by atoms with van der Waals surface area (Å²) in [5, 5.41) is 2.58. The molecule has 2 aromatic carbocycles. The number of aromatic amines is 1. The lowest BCUT2D eigenvalue weighted by Crippen LogP contribution is -2.16. The number of fused-ring (bicyclic) bond motifs is 1. The van der Waals surface area contributed by atoms with E-state index < -0.39 is 17.5 Å². The second-order valence-corrected chi connectivity index (χ2v) is 8.63. The Bertz CT molecular complexity index is 1370. The first-order valence-electron chi connectivity index (χ1n) is 8.51. The molecule has 2 aromatic heterocycles. The quantitative estimate of drug-likeness (QED) is 0.259. The fourth-order valence-corrected chi connectivity index (χ4v) is 4.60. The normalized spacial score (nSPS) is 11.0. The van der Waals surface area contributed by atoms with Gasteiger partial charge in [-0.3, -0.25) is 14.2 Å². The minimum absolute atomic E-state index is 0.130. The Kier molecular flexibility index (Phi) is 5.75. The van der Waals surface area contributed by atoms with Gasteiger partial charge >= 0.3 is 0 Å². The monoisotopic (exact) mass is 462 g/mol. The summed E-state index contributed by atoms with van der Waals surface area (Å²) in [6, 6.07) is 12.1. The third kappa shape index (κ3) is 4.18. The summed E-state index contributed by atoms with van der Waals surface area (Å²) in [5.41, 5.74) is 0.674. The fraction of sp³-hybridized carbons (Fsp3) is 0.0526. The molecule has 2 heterocycles. The van der Waals surface area contributed by atoms with Crippen molar-refractivity contribution in [3.8, 4) is 5.69 Å². The number of H-pyrrole nitrogens is 1. The summed E-state index contributed by atoms with van der Waals surface area (Å²) in [6.07, 6.45) is 0. The highest BCUT2D eigenvalue weighted by molar-refractivity contribution is 7.99. The van der Waals surface area contributed by atoms with E-state index in [2.05, 4.69) is 15.3 Å². The summed E-state index contributed by atoms with van der Waals surface area (Å²) >= 11 is 7.52. The number of rotatable bonds is 5. The van der Waals surface area contributed by atoms with Crippen molar-refractivity contribution in [3.05, 3.63) is 74.5 Å². The summed E-state index contributed by atoms with van der Waals surface area (Å²) in [5.74, 6) is -2.28. The molecule has 11 heteroatoms. The molecule has 0 saturated heterocycles. The van der Waals surface area contributed by atoms with Gasteiger partial charge in [0.1, 0.15) is 16.3 Å².